The molecule has 20 heavy (non-hydrogen) atoms. The summed E-state index contributed by atoms with van der Waals surface area (Å²) in [4.78, 5) is 21.3. The van der Waals surface area contributed by atoms with Gasteiger partial charge in [-0.15, -0.1) is 0 Å². The molecule has 0 fully saturated rings. The van der Waals surface area contributed by atoms with Gasteiger partial charge in [0.2, 0.25) is 0 Å². The van der Waals surface area contributed by atoms with E-state index in [1.165, 1.54) is 0 Å². The Kier molecular flexibility index (Phi) is 10.9. The predicted octanol–water partition coefficient (Wildman–Crippen LogP) is -0.671. The first-order valence-corrected chi connectivity index (χ1v) is 6.38. The molecule has 0 spiro atoms. The van der Waals surface area contributed by atoms with Crippen molar-refractivity contribution in [1.82, 2.24) is 0 Å². The molecule has 0 aliphatic heterocycles. The molecule has 0 aromatic carbocycles. The first-order chi connectivity index (χ1) is 9.49. The van der Waals surface area contributed by atoms with Gasteiger partial charge in [0.05, 0.1) is 45.1 Å². The summed E-state index contributed by atoms with van der Waals surface area (Å²) >= 11 is 0. The van der Waals surface area contributed by atoms with Crippen LogP contribution in [-0.2, 0) is 19.1 Å². The fraction of sp³-hybridized carbons (Fsp3) is 0.833. The smallest absolute Gasteiger partial charge is 0.309 e. The highest BCUT2D eigenvalue weighted by atomic mass is 16.5. The van der Waals surface area contributed by atoms with Gasteiger partial charge in [-0.2, -0.15) is 0 Å². The lowest BCUT2D eigenvalue weighted by Gasteiger charge is -2.18. The maximum absolute atomic E-state index is 11.0. The van der Waals surface area contributed by atoms with Crippen LogP contribution >= 0.6 is 0 Å². The summed E-state index contributed by atoms with van der Waals surface area (Å²) in [7, 11) is 0. The predicted molar refractivity (Wildman–Crippen MR) is 67.3 cm³/mol. The molecule has 4 N–H and O–H groups in total. The van der Waals surface area contributed by atoms with Gasteiger partial charge >= 0.3 is 11.9 Å². The lowest BCUT2D eigenvalue weighted by molar-refractivity contribution is -0.148. The highest BCUT2D eigenvalue weighted by molar-refractivity contribution is 5.71. The van der Waals surface area contributed by atoms with E-state index in [2.05, 4.69) is 0 Å². The normalized spacial score (nSPS) is 13.9. The summed E-state index contributed by atoms with van der Waals surface area (Å²) < 4.78 is 9.99. The monoisotopic (exact) mass is 294 g/mol. The summed E-state index contributed by atoms with van der Waals surface area (Å²) in [6, 6.07) is 0. The summed E-state index contributed by atoms with van der Waals surface area (Å²) in [6.07, 6.45) is -1.07. The maximum atomic E-state index is 11.0. The number of aliphatic hydroxyl groups excluding tert-OH is 2. The van der Waals surface area contributed by atoms with Gasteiger partial charge in [0.15, 0.2) is 0 Å². The Bertz CT molecular complexity index is 281. The van der Waals surface area contributed by atoms with E-state index in [1.807, 2.05) is 0 Å². The molecule has 0 radical (unpaired) electrons. The summed E-state index contributed by atoms with van der Waals surface area (Å²) in [5.74, 6) is -3.23. The van der Waals surface area contributed by atoms with Crippen molar-refractivity contribution in [2.45, 2.75) is 25.4 Å². The van der Waals surface area contributed by atoms with Gasteiger partial charge in [-0.3, -0.25) is 9.59 Å². The van der Waals surface area contributed by atoms with Crippen LogP contribution in [0.3, 0.4) is 0 Å². The average molecular weight is 294 g/mol. The van der Waals surface area contributed by atoms with E-state index in [9.17, 15) is 14.7 Å². The molecule has 0 aromatic heterocycles. The molecular formula is C12H22O8. The van der Waals surface area contributed by atoms with Crippen molar-refractivity contribution in [2.24, 2.45) is 5.92 Å². The van der Waals surface area contributed by atoms with Crippen LogP contribution in [0.5, 0.6) is 0 Å². The number of carbonyl (C=O) groups is 2. The van der Waals surface area contributed by atoms with Gasteiger partial charge in [0.1, 0.15) is 0 Å². The number of aliphatic carboxylic acids is 2. The second-order valence-corrected chi connectivity index (χ2v) is 4.21. The van der Waals surface area contributed by atoms with Crippen molar-refractivity contribution < 1.29 is 39.5 Å². The lowest BCUT2D eigenvalue weighted by atomic mass is 9.96. The molecule has 118 valence electrons. The van der Waals surface area contributed by atoms with E-state index in [0.29, 0.717) is 0 Å². The van der Waals surface area contributed by atoms with Gasteiger partial charge in [-0.25, -0.2) is 0 Å². The standard InChI is InChI=1S/C12H22O8/c13-4-5-19-6-7-20-8-10(14)9(12(17)18)2-1-3-11(15)16/h9-10,13-14H,1-8H2,(H,15,16)(H,17,18). The van der Waals surface area contributed by atoms with Gasteiger partial charge in [0.25, 0.3) is 0 Å². The third-order valence-corrected chi connectivity index (χ3v) is 2.58. The van der Waals surface area contributed by atoms with Crippen molar-refractivity contribution in [3.8, 4) is 0 Å². The van der Waals surface area contributed by atoms with Crippen LogP contribution < -0.4 is 0 Å². The molecule has 0 amide bonds. The molecule has 2 atom stereocenters. The number of hydrogen-bond donors (Lipinski definition) is 4. The molecular weight excluding hydrogens is 272 g/mol. The van der Waals surface area contributed by atoms with Crippen molar-refractivity contribution in [2.75, 3.05) is 33.0 Å². The Morgan fingerprint density at radius 1 is 1.05 bits per heavy atom. The van der Waals surface area contributed by atoms with Crippen LogP contribution in [0.1, 0.15) is 19.3 Å². The van der Waals surface area contributed by atoms with E-state index < -0.39 is 24.0 Å². The Labute approximate surface area is 116 Å². The third kappa shape index (κ3) is 9.68. The lowest BCUT2D eigenvalue weighted by Crippen LogP contribution is -2.32. The van der Waals surface area contributed by atoms with E-state index >= 15 is 0 Å². The third-order valence-electron chi connectivity index (χ3n) is 2.58. The number of carboxylic acid groups (broad SMARTS) is 2. The van der Waals surface area contributed by atoms with Crippen LogP contribution in [0.25, 0.3) is 0 Å². The molecule has 8 nitrogen and oxygen atoms in total. The number of aliphatic hydroxyl groups is 2. The SMILES string of the molecule is O=C(O)CCCC(C(=O)O)C(O)COCCOCCO. The Morgan fingerprint density at radius 3 is 2.25 bits per heavy atom. The topological polar surface area (TPSA) is 134 Å². The molecule has 0 saturated heterocycles. The van der Waals surface area contributed by atoms with E-state index in [-0.39, 0.29) is 52.3 Å². The van der Waals surface area contributed by atoms with E-state index in [0.717, 1.165) is 0 Å². The van der Waals surface area contributed by atoms with E-state index in [4.69, 9.17) is 24.8 Å². The molecule has 2 unspecified atom stereocenters. The highest BCUT2D eigenvalue weighted by Gasteiger charge is 2.26. The van der Waals surface area contributed by atoms with Crippen molar-refractivity contribution in [3.05, 3.63) is 0 Å². The highest BCUT2D eigenvalue weighted by Crippen LogP contribution is 2.14. The Balaban J connectivity index is 3.88. The summed E-state index contributed by atoms with van der Waals surface area (Å²) in [5.41, 5.74) is 0. The number of carboxylic acids is 2. The second-order valence-electron chi connectivity index (χ2n) is 4.21. The number of ether oxygens (including phenoxy) is 2. The zero-order chi connectivity index (χ0) is 15.4. The maximum Gasteiger partial charge on any atom is 0.309 e. The van der Waals surface area contributed by atoms with Crippen molar-refractivity contribution in [3.63, 3.8) is 0 Å². The fourth-order valence-corrected chi connectivity index (χ4v) is 1.56. The molecule has 0 bridgehead atoms. The first-order valence-electron chi connectivity index (χ1n) is 6.38. The average Bonchev–Trinajstić information content (AvgIpc) is 2.37. The van der Waals surface area contributed by atoms with Gasteiger partial charge in [0, 0.05) is 6.42 Å². The van der Waals surface area contributed by atoms with Crippen LogP contribution in [0.15, 0.2) is 0 Å². The van der Waals surface area contributed by atoms with Gasteiger partial charge < -0.3 is 29.9 Å². The fourth-order valence-electron chi connectivity index (χ4n) is 1.56. The molecule has 0 aromatic rings. The minimum Gasteiger partial charge on any atom is -0.481 e. The molecule has 0 aliphatic rings. The molecule has 0 rings (SSSR count). The van der Waals surface area contributed by atoms with Crippen molar-refractivity contribution >= 4 is 11.9 Å². The summed E-state index contributed by atoms with van der Waals surface area (Å²) in [5, 5.41) is 35.6. The molecule has 8 heteroatoms. The Hall–Kier alpha value is -1.22. The van der Waals surface area contributed by atoms with Gasteiger partial charge in [-0.1, -0.05) is 0 Å². The zero-order valence-corrected chi connectivity index (χ0v) is 11.2. The quantitative estimate of drug-likeness (QED) is 0.329. The second kappa shape index (κ2) is 11.6. The summed E-state index contributed by atoms with van der Waals surface area (Å²) in [6.45, 7) is 0.362. The van der Waals surface area contributed by atoms with Crippen LogP contribution in [-0.4, -0.2) is 71.5 Å². The minimum absolute atomic E-state index is 0.0766. The van der Waals surface area contributed by atoms with Crippen LogP contribution in [0.4, 0.5) is 0 Å². The number of rotatable bonds is 13. The first kappa shape index (κ1) is 18.8. The molecule has 0 heterocycles. The number of hydrogen-bond acceptors (Lipinski definition) is 6. The van der Waals surface area contributed by atoms with Crippen molar-refractivity contribution in [1.29, 1.82) is 0 Å². The van der Waals surface area contributed by atoms with E-state index in [1.54, 1.807) is 0 Å². The minimum atomic E-state index is -1.20. The molecule has 0 aliphatic carbocycles. The molecule has 0 saturated carbocycles. The zero-order valence-electron chi connectivity index (χ0n) is 11.2. The van der Waals surface area contributed by atoms with Crippen LogP contribution in [0.2, 0.25) is 0 Å². The Morgan fingerprint density at radius 2 is 1.70 bits per heavy atom. The van der Waals surface area contributed by atoms with Gasteiger partial charge in [-0.05, 0) is 12.8 Å². The van der Waals surface area contributed by atoms with Crippen LogP contribution in [0, 0.1) is 5.92 Å². The largest absolute Gasteiger partial charge is 0.481 e.